The van der Waals surface area contributed by atoms with E-state index in [2.05, 4.69) is 0 Å². The van der Waals surface area contributed by atoms with Crippen LogP contribution >= 0.6 is 0 Å². The van der Waals surface area contributed by atoms with Crippen molar-refractivity contribution in [3.05, 3.63) is 107 Å². The molecule has 48 heavy (non-hydrogen) atoms. The lowest BCUT2D eigenvalue weighted by atomic mass is 9.85. The quantitative estimate of drug-likeness (QED) is 0.0511. The van der Waals surface area contributed by atoms with Gasteiger partial charge < -0.3 is 40.1 Å². The molecule has 0 aliphatic heterocycles. The summed E-state index contributed by atoms with van der Waals surface area (Å²) in [7, 11) is 0. The summed E-state index contributed by atoms with van der Waals surface area (Å²) < 4.78 is 11.1. The minimum Gasteiger partial charge on any atom is -0.508 e. The molecule has 0 heterocycles. The Morgan fingerprint density at radius 2 is 1.54 bits per heavy atom. The molecule has 0 bridgehead atoms. The van der Waals surface area contributed by atoms with Gasteiger partial charge in [0.25, 0.3) is 0 Å². The van der Waals surface area contributed by atoms with Gasteiger partial charge in [0.2, 0.25) is 5.75 Å². The molecule has 256 valence electrons. The first kappa shape index (κ1) is 36.1. The normalized spacial score (nSPS) is 12.4. The van der Waals surface area contributed by atoms with Crippen LogP contribution in [0.2, 0.25) is 0 Å². The van der Waals surface area contributed by atoms with Gasteiger partial charge in [-0.2, -0.15) is 0 Å². The first-order chi connectivity index (χ1) is 23.2. The SMILES string of the molecule is NCOc1cc(CCC(=O)CC(O)CC(CCc2ccccc2CCCO)c2cc(O)c(O)c(OCc3cccc(O)c3)c2)ccc1O. The minimum absolute atomic E-state index is 0.0335. The van der Waals surface area contributed by atoms with Crippen molar-refractivity contribution in [1.82, 2.24) is 0 Å². The Bertz CT molecular complexity index is 1640. The monoisotopic (exact) mass is 659 g/mol. The lowest BCUT2D eigenvalue weighted by Crippen LogP contribution is -2.18. The molecule has 0 fully saturated rings. The van der Waals surface area contributed by atoms with Crippen LogP contribution in [-0.2, 0) is 30.7 Å². The number of nitrogens with two attached hydrogens (primary N) is 1. The van der Waals surface area contributed by atoms with Gasteiger partial charge in [0.05, 0.1) is 6.10 Å². The van der Waals surface area contributed by atoms with Crippen molar-refractivity contribution in [3.8, 4) is 34.5 Å². The molecule has 10 heteroatoms. The molecular weight excluding hydrogens is 614 g/mol. The van der Waals surface area contributed by atoms with Gasteiger partial charge in [0.15, 0.2) is 23.0 Å². The molecule has 8 N–H and O–H groups in total. The fraction of sp³-hybridized carbons (Fsp3) is 0.342. The Balaban J connectivity index is 1.50. The highest BCUT2D eigenvalue weighted by molar-refractivity contribution is 5.79. The average molecular weight is 660 g/mol. The fourth-order valence-electron chi connectivity index (χ4n) is 5.81. The molecule has 0 aliphatic rings. The number of aliphatic hydroxyl groups excluding tert-OH is 2. The van der Waals surface area contributed by atoms with E-state index in [-0.39, 0.29) is 79.7 Å². The van der Waals surface area contributed by atoms with Gasteiger partial charge >= 0.3 is 0 Å². The zero-order valence-electron chi connectivity index (χ0n) is 26.9. The third kappa shape index (κ3) is 10.6. The van der Waals surface area contributed by atoms with Gasteiger partial charge in [-0.3, -0.25) is 10.5 Å². The molecule has 4 aromatic carbocycles. The number of rotatable bonds is 19. The molecule has 0 radical (unpaired) electrons. The Hall–Kier alpha value is -4.77. The number of aliphatic hydroxyl groups is 2. The molecule has 0 saturated carbocycles. The summed E-state index contributed by atoms with van der Waals surface area (Å²) in [4.78, 5) is 13.0. The maximum Gasteiger partial charge on any atom is 0.200 e. The predicted molar refractivity (Wildman–Crippen MR) is 181 cm³/mol. The van der Waals surface area contributed by atoms with Crippen LogP contribution in [0.5, 0.6) is 34.5 Å². The molecule has 0 spiro atoms. The van der Waals surface area contributed by atoms with Gasteiger partial charge in [-0.15, -0.1) is 0 Å². The molecule has 0 saturated heterocycles. The lowest BCUT2D eigenvalue weighted by molar-refractivity contribution is -0.121. The van der Waals surface area contributed by atoms with Gasteiger partial charge in [0, 0.05) is 19.4 Å². The zero-order valence-corrected chi connectivity index (χ0v) is 26.9. The van der Waals surface area contributed by atoms with E-state index in [9.17, 15) is 35.4 Å². The van der Waals surface area contributed by atoms with Crippen molar-refractivity contribution < 1.29 is 44.9 Å². The Morgan fingerprint density at radius 1 is 0.771 bits per heavy atom. The van der Waals surface area contributed by atoms with Crippen molar-refractivity contribution in [1.29, 1.82) is 0 Å². The summed E-state index contributed by atoms with van der Waals surface area (Å²) in [6, 6.07) is 22.4. The molecule has 10 nitrogen and oxygen atoms in total. The largest absolute Gasteiger partial charge is 0.508 e. The molecule has 2 atom stereocenters. The van der Waals surface area contributed by atoms with Crippen molar-refractivity contribution >= 4 is 5.78 Å². The number of aromatic hydroxyl groups is 4. The van der Waals surface area contributed by atoms with E-state index in [4.69, 9.17) is 15.2 Å². The van der Waals surface area contributed by atoms with E-state index in [1.165, 1.54) is 18.2 Å². The van der Waals surface area contributed by atoms with Crippen molar-refractivity contribution in [2.75, 3.05) is 13.3 Å². The lowest BCUT2D eigenvalue weighted by Gasteiger charge is -2.23. The third-order valence-electron chi connectivity index (χ3n) is 8.31. The van der Waals surface area contributed by atoms with Crippen LogP contribution in [0.25, 0.3) is 0 Å². The first-order valence-corrected chi connectivity index (χ1v) is 16.2. The third-order valence-corrected chi connectivity index (χ3v) is 8.31. The van der Waals surface area contributed by atoms with Crippen LogP contribution in [0.1, 0.15) is 65.8 Å². The number of carbonyl (C=O) groups excluding carboxylic acids is 1. The summed E-state index contributed by atoms with van der Waals surface area (Å²) in [5, 5.41) is 61.5. The molecule has 2 unspecified atom stereocenters. The highest BCUT2D eigenvalue weighted by atomic mass is 16.5. The molecule has 4 aromatic rings. The van der Waals surface area contributed by atoms with Crippen LogP contribution in [0.4, 0.5) is 0 Å². The van der Waals surface area contributed by atoms with Crippen molar-refractivity contribution in [2.24, 2.45) is 5.73 Å². The van der Waals surface area contributed by atoms with Gasteiger partial charge in [0.1, 0.15) is 24.9 Å². The highest BCUT2D eigenvalue weighted by Gasteiger charge is 2.23. The number of aryl methyl sites for hydroxylation is 3. The Morgan fingerprint density at radius 3 is 2.27 bits per heavy atom. The van der Waals surface area contributed by atoms with Crippen molar-refractivity contribution in [2.45, 2.75) is 70.0 Å². The summed E-state index contributed by atoms with van der Waals surface area (Å²) in [6.07, 6.45) is 2.31. The van der Waals surface area contributed by atoms with E-state index in [0.717, 1.165) is 23.1 Å². The Labute approximate surface area is 280 Å². The molecule has 0 aliphatic carbocycles. The van der Waals surface area contributed by atoms with Gasteiger partial charge in [-0.25, -0.2) is 0 Å². The number of Topliss-reactive ketones (excluding diaryl/α,β-unsaturated/α-hetero) is 1. The van der Waals surface area contributed by atoms with E-state index in [1.807, 2.05) is 24.3 Å². The number of benzene rings is 4. The molecular formula is C38H45NO9. The molecule has 0 aromatic heterocycles. The molecule has 4 rings (SSSR count). The number of ketones is 1. The second-order valence-corrected chi connectivity index (χ2v) is 11.9. The van der Waals surface area contributed by atoms with E-state index in [0.29, 0.717) is 36.8 Å². The van der Waals surface area contributed by atoms with Gasteiger partial charge in [-0.1, -0.05) is 42.5 Å². The number of hydrogen-bond donors (Lipinski definition) is 7. The smallest absolute Gasteiger partial charge is 0.200 e. The summed E-state index contributed by atoms with van der Waals surface area (Å²) in [5.74, 6) is -0.907. The highest BCUT2D eigenvalue weighted by Crippen LogP contribution is 2.41. The van der Waals surface area contributed by atoms with Crippen LogP contribution < -0.4 is 15.2 Å². The van der Waals surface area contributed by atoms with Crippen molar-refractivity contribution in [3.63, 3.8) is 0 Å². The topological polar surface area (TPSA) is 183 Å². The summed E-state index contributed by atoms with van der Waals surface area (Å²) >= 11 is 0. The van der Waals surface area contributed by atoms with Crippen LogP contribution in [-0.4, -0.2) is 55.9 Å². The van der Waals surface area contributed by atoms with Gasteiger partial charge in [-0.05, 0) is 109 Å². The number of phenols is 4. The van der Waals surface area contributed by atoms with Crippen LogP contribution in [0, 0.1) is 0 Å². The summed E-state index contributed by atoms with van der Waals surface area (Å²) in [5.41, 5.74) is 9.74. The van der Waals surface area contributed by atoms with Crippen LogP contribution in [0.3, 0.4) is 0 Å². The molecule has 0 amide bonds. The second kappa shape index (κ2) is 18.0. The average Bonchev–Trinajstić information content (AvgIpc) is 3.07. The number of hydrogen-bond acceptors (Lipinski definition) is 10. The zero-order chi connectivity index (χ0) is 34.5. The number of phenolic OH excluding ortho intramolecular Hbond substituents is 4. The second-order valence-electron chi connectivity index (χ2n) is 11.9. The minimum atomic E-state index is -0.976. The summed E-state index contributed by atoms with van der Waals surface area (Å²) in [6.45, 7) is 0.0258. The maximum absolute atomic E-state index is 13.0. The predicted octanol–water partition coefficient (Wildman–Crippen LogP) is 5.37. The van der Waals surface area contributed by atoms with E-state index < -0.39 is 11.9 Å². The van der Waals surface area contributed by atoms with E-state index >= 15 is 0 Å². The number of ether oxygens (including phenoxy) is 2. The standard InChI is InChI=1S/C38H45NO9/c39-24-48-36-18-25(11-15-34(36)44)10-14-32(42)22-33(43)19-29(13-12-28-7-2-1-6-27(28)8-4-16-40)30-20-35(45)38(46)37(21-30)47-23-26-5-3-9-31(41)17-26/h1-3,5-7,9,11,15,17-18,20-21,29,33,40-41,43-46H,4,8,10,12-14,16,19,22-24,39H2. The van der Waals surface area contributed by atoms with Crippen LogP contribution in [0.15, 0.2) is 78.9 Å². The number of carbonyl (C=O) groups is 1. The fourth-order valence-corrected chi connectivity index (χ4v) is 5.81. The maximum atomic E-state index is 13.0. The Kier molecular flexibility index (Phi) is 13.5. The van der Waals surface area contributed by atoms with E-state index in [1.54, 1.807) is 36.4 Å². The first-order valence-electron chi connectivity index (χ1n) is 16.2.